The van der Waals surface area contributed by atoms with Gasteiger partial charge in [-0.15, -0.1) is 0 Å². The average Bonchev–Trinajstić information content (AvgIpc) is 2.50. The van der Waals surface area contributed by atoms with Gasteiger partial charge in [0, 0.05) is 25.8 Å². The van der Waals surface area contributed by atoms with Gasteiger partial charge in [0.1, 0.15) is 5.75 Å². The van der Waals surface area contributed by atoms with Gasteiger partial charge in [-0.2, -0.15) is 0 Å². The van der Waals surface area contributed by atoms with Crippen LogP contribution in [-0.4, -0.2) is 42.8 Å². The first-order chi connectivity index (χ1) is 10.0. The van der Waals surface area contributed by atoms with Crippen molar-refractivity contribution in [1.29, 1.82) is 0 Å². The number of likely N-dealkylation sites (tertiary alicyclic amines) is 1. The Morgan fingerprint density at radius 3 is 2.86 bits per heavy atom. The zero-order valence-corrected chi connectivity index (χ0v) is 13.2. The molecule has 1 aromatic carbocycles. The molecule has 7 heteroatoms. The van der Waals surface area contributed by atoms with Crippen molar-refractivity contribution >= 4 is 34.9 Å². The van der Waals surface area contributed by atoms with Crippen LogP contribution in [-0.2, 0) is 0 Å². The second-order valence-electron chi connectivity index (χ2n) is 5.03. The van der Waals surface area contributed by atoms with E-state index in [0.717, 1.165) is 12.8 Å². The van der Waals surface area contributed by atoms with Crippen molar-refractivity contribution in [2.45, 2.75) is 12.8 Å². The monoisotopic (exact) mass is 332 g/mol. The van der Waals surface area contributed by atoms with Crippen LogP contribution in [0.3, 0.4) is 0 Å². The molecule has 0 aromatic heterocycles. The Labute approximate surface area is 133 Å². The van der Waals surface area contributed by atoms with Crippen LogP contribution in [0.4, 0.5) is 10.5 Å². The Kier molecular flexibility index (Phi) is 5.56. The second kappa shape index (κ2) is 7.20. The van der Waals surface area contributed by atoms with E-state index in [2.05, 4.69) is 5.32 Å². The summed E-state index contributed by atoms with van der Waals surface area (Å²) in [5.74, 6) is 0.591. The number of benzene rings is 1. The predicted molar refractivity (Wildman–Crippen MR) is 83.4 cm³/mol. The first kappa shape index (κ1) is 16.2. The van der Waals surface area contributed by atoms with Crippen molar-refractivity contribution in [2.24, 2.45) is 5.92 Å². The van der Waals surface area contributed by atoms with Gasteiger partial charge in [-0.1, -0.05) is 23.2 Å². The van der Waals surface area contributed by atoms with Gasteiger partial charge in [0.25, 0.3) is 0 Å². The molecule has 1 aliphatic rings. The van der Waals surface area contributed by atoms with Gasteiger partial charge in [0.05, 0.1) is 22.8 Å². The molecule has 0 radical (unpaired) electrons. The highest BCUT2D eigenvalue weighted by Gasteiger charge is 2.24. The summed E-state index contributed by atoms with van der Waals surface area (Å²) < 4.78 is 5.20. The number of amides is 2. The molecule has 116 valence electrons. The van der Waals surface area contributed by atoms with Crippen LogP contribution < -0.4 is 10.1 Å². The molecule has 1 atom stereocenters. The summed E-state index contributed by atoms with van der Waals surface area (Å²) in [5, 5.41) is 12.7. The molecule has 0 unspecified atom stereocenters. The Bertz CT molecular complexity index is 525. The highest BCUT2D eigenvalue weighted by Crippen LogP contribution is 2.34. The lowest BCUT2D eigenvalue weighted by molar-refractivity contribution is 0.136. The minimum atomic E-state index is -0.232. The number of nitrogens with zero attached hydrogens (tertiary/aromatic N) is 1. The molecule has 2 N–H and O–H groups in total. The number of hydrogen-bond donors (Lipinski definition) is 2. The van der Waals surface area contributed by atoms with E-state index in [4.69, 9.17) is 27.9 Å². The molecular formula is C14H18Cl2N2O3. The number of urea groups is 1. The molecule has 0 aliphatic carbocycles. The van der Waals surface area contributed by atoms with Gasteiger partial charge in [0.2, 0.25) is 0 Å². The van der Waals surface area contributed by atoms with Crippen LogP contribution >= 0.6 is 23.2 Å². The van der Waals surface area contributed by atoms with Gasteiger partial charge >= 0.3 is 6.03 Å². The van der Waals surface area contributed by atoms with Crippen molar-refractivity contribution in [3.05, 3.63) is 22.2 Å². The third-order valence-corrected chi connectivity index (χ3v) is 4.27. The zero-order valence-electron chi connectivity index (χ0n) is 11.7. The van der Waals surface area contributed by atoms with Gasteiger partial charge in [-0.05, 0) is 24.8 Å². The molecule has 0 bridgehead atoms. The standard InChI is InChI=1S/C14H18Cl2N2O3/c1-21-13-6-11(16)10(15)5-12(13)17-14(20)18-4-2-3-9(7-18)8-19/h5-6,9,19H,2-4,7-8H2,1H3,(H,17,20)/t9-/m0/s1. The molecule has 1 saturated heterocycles. The van der Waals surface area contributed by atoms with Crippen LogP contribution in [0.2, 0.25) is 10.0 Å². The fourth-order valence-electron chi connectivity index (χ4n) is 2.39. The maximum Gasteiger partial charge on any atom is 0.321 e. The third kappa shape index (κ3) is 3.93. The number of carbonyl (C=O) groups excluding carboxylic acids is 1. The lowest BCUT2D eigenvalue weighted by atomic mass is 9.99. The summed E-state index contributed by atoms with van der Waals surface area (Å²) in [5.41, 5.74) is 0.475. The van der Waals surface area contributed by atoms with Gasteiger partial charge < -0.3 is 20.1 Å². The Morgan fingerprint density at radius 2 is 2.19 bits per heavy atom. The molecule has 1 aliphatic heterocycles. The highest BCUT2D eigenvalue weighted by molar-refractivity contribution is 6.42. The molecule has 0 spiro atoms. The maximum atomic E-state index is 12.3. The Morgan fingerprint density at radius 1 is 1.48 bits per heavy atom. The van der Waals surface area contributed by atoms with Crippen molar-refractivity contribution in [3.63, 3.8) is 0 Å². The normalized spacial score (nSPS) is 18.5. The number of piperidine rings is 1. The number of methoxy groups -OCH3 is 1. The first-order valence-corrected chi connectivity index (χ1v) is 7.50. The number of rotatable bonds is 3. The summed E-state index contributed by atoms with van der Waals surface area (Å²) >= 11 is 11.9. The van der Waals surface area contributed by atoms with E-state index in [9.17, 15) is 9.90 Å². The number of aliphatic hydroxyl groups excluding tert-OH is 1. The Balaban J connectivity index is 2.10. The number of halogens is 2. The summed E-state index contributed by atoms with van der Waals surface area (Å²) in [4.78, 5) is 14.0. The third-order valence-electron chi connectivity index (χ3n) is 3.55. The van der Waals surface area contributed by atoms with Crippen molar-refractivity contribution < 1.29 is 14.6 Å². The molecule has 1 fully saturated rings. The van der Waals surface area contributed by atoms with E-state index in [1.54, 1.807) is 17.0 Å². The lowest BCUT2D eigenvalue weighted by Gasteiger charge is -2.32. The van der Waals surface area contributed by atoms with Crippen LogP contribution in [0.25, 0.3) is 0 Å². The fraction of sp³-hybridized carbons (Fsp3) is 0.500. The van der Waals surface area contributed by atoms with E-state index in [-0.39, 0.29) is 18.6 Å². The Hall–Kier alpha value is -1.17. The predicted octanol–water partition coefficient (Wildman–Crippen LogP) is 3.24. The van der Waals surface area contributed by atoms with Crippen LogP contribution in [0.15, 0.2) is 12.1 Å². The SMILES string of the molecule is COc1cc(Cl)c(Cl)cc1NC(=O)N1CCC[C@H](CO)C1. The van der Waals surface area contributed by atoms with E-state index in [1.807, 2.05) is 0 Å². The van der Waals surface area contributed by atoms with Gasteiger partial charge in [-0.3, -0.25) is 0 Å². The molecule has 0 saturated carbocycles. The highest BCUT2D eigenvalue weighted by atomic mass is 35.5. The topological polar surface area (TPSA) is 61.8 Å². The first-order valence-electron chi connectivity index (χ1n) is 6.75. The largest absolute Gasteiger partial charge is 0.495 e. The van der Waals surface area contributed by atoms with E-state index < -0.39 is 0 Å². The second-order valence-corrected chi connectivity index (χ2v) is 5.85. The molecular weight excluding hydrogens is 315 g/mol. The van der Waals surface area contributed by atoms with E-state index in [1.165, 1.54) is 7.11 Å². The molecule has 5 nitrogen and oxygen atoms in total. The molecule has 1 aromatic rings. The zero-order chi connectivity index (χ0) is 15.4. The molecule has 2 rings (SSSR count). The van der Waals surface area contributed by atoms with E-state index >= 15 is 0 Å². The summed E-state index contributed by atoms with van der Waals surface area (Å²) in [7, 11) is 1.50. The van der Waals surface area contributed by atoms with Crippen molar-refractivity contribution in [1.82, 2.24) is 4.90 Å². The fourth-order valence-corrected chi connectivity index (χ4v) is 2.71. The molecule has 2 amide bonds. The minimum Gasteiger partial charge on any atom is -0.495 e. The maximum absolute atomic E-state index is 12.3. The molecule has 21 heavy (non-hydrogen) atoms. The van der Waals surface area contributed by atoms with Gasteiger partial charge in [-0.25, -0.2) is 4.79 Å². The smallest absolute Gasteiger partial charge is 0.321 e. The minimum absolute atomic E-state index is 0.0971. The number of nitrogens with one attached hydrogen (secondary N) is 1. The number of aliphatic hydroxyl groups is 1. The van der Waals surface area contributed by atoms with Crippen molar-refractivity contribution in [3.8, 4) is 5.75 Å². The van der Waals surface area contributed by atoms with E-state index in [0.29, 0.717) is 34.6 Å². The van der Waals surface area contributed by atoms with Gasteiger partial charge in [0.15, 0.2) is 0 Å². The number of anilines is 1. The quantitative estimate of drug-likeness (QED) is 0.893. The lowest BCUT2D eigenvalue weighted by Crippen LogP contribution is -2.43. The number of carbonyl (C=O) groups is 1. The van der Waals surface area contributed by atoms with Crippen LogP contribution in [0, 0.1) is 5.92 Å². The molecule has 1 heterocycles. The summed E-state index contributed by atoms with van der Waals surface area (Å²) in [6.07, 6.45) is 1.83. The average molecular weight is 333 g/mol. The van der Waals surface area contributed by atoms with Crippen LogP contribution in [0.5, 0.6) is 5.75 Å². The summed E-state index contributed by atoms with van der Waals surface area (Å²) in [6.45, 7) is 1.32. The van der Waals surface area contributed by atoms with Crippen molar-refractivity contribution in [2.75, 3.05) is 32.1 Å². The number of ether oxygens (including phenoxy) is 1. The summed E-state index contributed by atoms with van der Waals surface area (Å²) in [6, 6.07) is 2.89. The number of hydrogen-bond acceptors (Lipinski definition) is 3. The van der Waals surface area contributed by atoms with Crippen LogP contribution in [0.1, 0.15) is 12.8 Å².